The van der Waals surface area contributed by atoms with Gasteiger partial charge in [-0.05, 0) is 47.7 Å². The van der Waals surface area contributed by atoms with E-state index >= 15 is 0 Å². The summed E-state index contributed by atoms with van der Waals surface area (Å²) in [6, 6.07) is 18.0. The molecule has 0 aliphatic rings. The quantitative estimate of drug-likeness (QED) is 0.188. The number of fused-ring (bicyclic) bond motifs is 1. The Balaban J connectivity index is 1.66. The fourth-order valence-electron chi connectivity index (χ4n) is 3.64. The van der Waals surface area contributed by atoms with E-state index in [-0.39, 0.29) is 33.7 Å². The highest BCUT2D eigenvalue weighted by atomic mass is 16.6. The number of benzene rings is 3. The van der Waals surface area contributed by atoms with E-state index in [0.29, 0.717) is 11.1 Å². The minimum absolute atomic E-state index is 0.0651. The Morgan fingerprint density at radius 3 is 2.28 bits per heavy atom. The summed E-state index contributed by atoms with van der Waals surface area (Å²) in [5, 5.41) is 11.1. The summed E-state index contributed by atoms with van der Waals surface area (Å²) in [6.07, 6.45) is 0. The highest BCUT2D eigenvalue weighted by Gasteiger charge is 2.22. The fraction of sp³-hybridized carbons (Fsp3) is 0.214. The predicted molar refractivity (Wildman–Crippen MR) is 136 cm³/mol. The third kappa shape index (κ3) is 5.27. The van der Waals surface area contributed by atoms with Crippen LogP contribution in [0, 0.1) is 17.0 Å². The smallest absolute Gasteiger partial charge is 0.349 e. The van der Waals surface area contributed by atoms with E-state index in [2.05, 4.69) is 20.8 Å². The summed E-state index contributed by atoms with van der Waals surface area (Å²) in [7, 11) is 0. The van der Waals surface area contributed by atoms with Gasteiger partial charge in [0.15, 0.2) is 12.4 Å². The van der Waals surface area contributed by atoms with Gasteiger partial charge in [-0.3, -0.25) is 14.9 Å². The van der Waals surface area contributed by atoms with Crippen molar-refractivity contribution in [2.75, 3.05) is 6.61 Å². The summed E-state index contributed by atoms with van der Waals surface area (Å²) < 4.78 is 16.9. The van der Waals surface area contributed by atoms with Gasteiger partial charge in [-0.15, -0.1) is 0 Å². The molecule has 3 aromatic carbocycles. The van der Waals surface area contributed by atoms with Crippen LogP contribution in [0.3, 0.4) is 0 Å². The van der Waals surface area contributed by atoms with Crippen LogP contribution in [0.5, 0.6) is 11.5 Å². The monoisotopic (exact) mass is 487 g/mol. The van der Waals surface area contributed by atoms with Gasteiger partial charge < -0.3 is 13.9 Å². The fourth-order valence-corrected chi connectivity index (χ4v) is 3.64. The number of ether oxygens (including phenoxy) is 2. The van der Waals surface area contributed by atoms with Crippen LogP contribution in [0.2, 0.25) is 0 Å². The molecule has 0 amide bonds. The molecule has 184 valence electrons. The van der Waals surface area contributed by atoms with Gasteiger partial charge in [0.25, 0.3) is 5.69 Å². The van der Waals surface area contributed by atoms with E-state index in [0.717, 1.165) is 11.1 Å². The molecule has 0 radical (unpaired) electrons. The number of rotatable bonds is 6. The molecule has 0 aliphatic carbocycles. The van der Waals surface area contributed by atoms with E-state index in [1.54, 1.807) is 18.2 Å². The molecular formula is C28H25NO7. The first-order valence-electron chi connectivity index (χ1n) is 11.3. The molecule has 0 aliphatic heterocycles. The molecule has 0 saturated heterocycles. The molecule has 4 rings (SSSR count). The number of non-ortho nitro benzene ring substituents is 1. The second-order valence-electron chi connectivity index (χ2n) is 9.43. The molecule has 36 heavy (non-hydrogen) atoms. The van der Waals surface area contributed by atoms with Crippen LogP contribution in [0.4, 0.5) is 5.69 Å². The van der Waals surface area contributed by atoms with Gasteiger partial charge in [0, 0.05) is 17.7 Å². The highest BCUT2D eigenvalue weighted by molar-refractivity contribution is 5.85. The first kappa shape index (κ1) is 24.7. The molecule has 8 nitrogen and oxygen atoms in total. The zero-order chi connectivity index (χ0) is 26.0. The van der Waals surface area contributed by atoms with Crippen LogP contribution in [0.15, 0.2) is 75.9 Å². The standard InChI is InChI=1S/C28H25NO7/c1-17-5-14-22-23(15-17)35-26(18-6-8-19(9-7-18)28(2,3)4)27(25(22)31)36-24(30)16-34-21-12-10-20(11-13-21)29(32)33/h5-15H,16H2,1-4H3. The molecule has 0 spiro atoms. The second kappa shape index (κ2) is 9.65. The van der Waals surface area contributed by atoms with Crippen molar-refractivity contribution in [3.05, 3.63) is 98.2 Å². The number of hydrogen-bond donors (Lipinski definition) is 0. The molecule has 1 aromatic heterocycles. The Bertz CT molecular complexity index is 1490. The average Bonchev–Trinajstić information content (AvgIpc) is 2.84. The Hall–Kier alpha value is -4.46. The van der Waals surface area contributed by atoms with Crippen molar-refractivity contribution in [2.45, 2.75) is 33.1 Å². The van der Waals surface area contributed by atoms with Crippen molar-refractivity contribution in [2.24, 2.45) is 0 Å². The number of esters is 1. The number of hydrogen-bond acceptors (Lipinski definition) is 7. The molecule has 0 unspecified atom stereocenters. The van der Waals surface area contributed by atoms with Crippen LogP contribution in [0.25, 0.3) is 22.3 Å². The summed E-state index contributed by atoms with van der Waals surface area (Å²) in [4.78, 5) is 36.2. The largest absolute Gasteiger partial charge is 0.482 e. The van der Waals surface area contributed by atoms with Gasteiger partial charge in [-0.2, -0.15) is 0 Å². The highest BCUT2D eigenvalue weighted by Crippen LogP contribution is 2.33. The van der Waals surface area contributed by atoms with Crippen LogP contribution in [-0.2, 0) is 10.2 Å². The zero-order valence-corrected chi connectivity index (χ0v) is 20.4. The van der Waals surface area contributed by atoms with E-state index in [4.69, 9.17) is 13.9 Å². The van der Waals surface area contributed by atoms with Gasteiger partial charge in [-0.1, -0.05) is 51.1 Å². The molecule has 0 N–H and O–H groups in total. The normalized spacial score (nSPS) is 11.3. The topological polar surface area (TPSA) is 109 Å². The number of carbonyl (C=O) groups is 1. The molecular weight excluding hydrogens is 462 g/mol. The van der Waals surface area contributed by atoms with Gasteiger partial charge >= 0.3 is 5.97 Å². The lowest BCUT2D eigenvalue weighted by molar-refractivity contribution is -0.384. The Labute approximate surface area is 207 Å². The van der Waals surface area contributed by atoms with E-state index < -0.39 is 22.9 Å². The summed E-state index contributed by atoms with van der Waals surface area (Å²) >= 11 is 0. The van der Waals surface area contributed by atoms with Crippen molar-refractivity contribution in [1.29, 1.82) is 0 Å². The lowest BCUT2D eigenvalue weighted by atomic mass is 9.86. The van der Waals surface area contributed by atoms with Gasteiger partial charge in [0.05, 0.1) is 10.3 Å². The Morgan fingerprint density at radius 2 is 1.67 bits per heavy atom. The molecule has 4 aromatic rings. The van der Waals surface area contributed by atoms with Crippen LogP contribution in [-0.4, -0.2) is 17.5 Å². The molecule has 8 heteroatoms. The van der Waals surface area contributed by atoms with E-state index in [1.807, 2.05) is 31.2 Å². The molecule has 0 saturated carbocycles. The predicted octanol–water partition coefficient (Wildman–Crippen LogP) is 5.96. The van der Waals surface area contributed by atoms with Crippen LogP contribution >= 0.6 is 0 Å². The van der Waals surface area contributed by atoms with Crippen molar-refractivity contribution in [1.82, 2.24) is 0 Å². The summed E-state index contributed by atoms with van der Waals surface area (Å²) in [6.45, 7) is 7.67. The summed E-state index contributed by atoms with van der Waals surface area (Å²) in [5.74, 6) is -0.661. The van der Waals surface area contributed by atoms with E-state index in [9.17, 15) is 19.7 Å². The second-order valence-corrected chi connectivity index (χ2v) is 9.43. The summed E-state index contributed by atoms with van der Waals surface area (Å²) in [5.41, 5.74) is 2.34. The number of aryl methyl sites for hydroxylation is 1. The number of nitrogens with zero attached hydrogens (tertiary/aromatic N) is 1. The third-order valence-corrected chi connectivity index (χ3v) is 5.64. The van der Waals surface area contributed by atoms with Crippen molar-refractivity contribution in [3.63, 3.8) is 0 Å². The lowest BCUT2D eigenvalue weighted by Crippen LogP contribution is -2.21. The van der Waals surface area contributed by atoms with Gasteiger partial charge in [0.1, 0.15) is 11.3 Å². The molecule has 0 bridgehead atoms. The van der Waals surface area contributed by atoms with Crippen molar-refractivity contribution in [3.8, 4) is 22.8 Å². The number of nitro groups is 1. The van der Waals surface area contributed by atoms with Crippen molar-refractivity contribution < 1.29 is 23.6 Å². The maximum absolute atomic E-state index is 13.3. The lowest BCUT2D eigenvalue weighted by Gasteiger charge is -2.19. The Kier molecular flexibility index (Phi) is 6.61. The number of carbonyl (C=O) groups excluding carboxylic acids is 1. The maximum atomic E-state index is 13.3. The first-order chi connectivity index (χ1) is 17.0. The van der Waals surface area contributed by atoms with Crippen molar-refractivity contribution >= 4 is 22.6 Å². The van der Waals surface area contributed by atoms with Crippen LogP contribution in [0.1, 0.15) is 31.9 Å². The van der Waals surface area contributed by atoms with E-state index in [1.165, 1.54) is 24.3 Å². The maximum Gasteiger partial charge on any atom is 0.349 e. The SMILES string of the molecule is Cc1ccc2c(=O)c(OC(=O)COc3ccc([N+](=O)[O-])cc3)c(-c3ccc(C(C)(C)C)cc3)oc2c1. The third-order valence-electron chi connectivity index (χ3n) is 5.64. The Morgan fingerprint density at radius 1 is 1.00 bits per heavy atom. The van der Waals surface area contributed by atoms with Gasteiger partial charge in [-0.25, -0.2) is 4.79 Å². The first-order valence-corrected chi connectivity index (χ1v) is 11.3. The molecule has 1 heterocycles. The number of nitro benzene ring substituents is 1. The molecule has 0 atom stereocenters. The van der Waals surface area contributed by atoms with Crippen LogP contribution < -0.4 is 14.9 Å². The zero-order valence-electron chi connectivity index (χ0n) is 20.4. The molecule has 0 fully saturated rings. The minimum Gasteiger partial charge on any atom is -0.482 e. The minimum atomic E-state index is -0.820. The van der Waals surface area contributed by atoms with Gasteiger partial charge in [0.2, 0.25) is 11.2 Å². The average molecular weight is 488 g/mol.